The summed E-state index contributed by atoms with van der Waals surface area (Å²) in [4.78, 5) is 4.06. The summed E-state index contributed by atoms with van der Waals surface area (Å²) in [7, 11) is 0. The molecule has 0 saturated carbocycles. The van der Waals surface area contributed by atoms with Crippen LogP contribution in [0.5, 0.6) is 0 Å². The summed E-state index contributed by atoms with van der Waals surface area (Å²) in [6.45, 7) is 4.32. The number of hydrogen-bond acceptors (Lipinski definition) is 3. The minimum atomic E-state index is 0.171. The van der Waals surface area contributed by atoms with E-state index < -0.39 is 0 Å². The third kappa shape index (κ3) is 3.09. The number of rotatable bonds is 5. The molecule has 14 heavy (non-hydrogen) atoms. The van der Waals surface area contributed by atoms with E-state index in [2.05, 4.69) is 24.1 Å². The lowest BCUT2D eigenvalue weighted by Gasteiger charge is -2.20. The van der Waals surface area contributed by atoms with Gasteiger partial charge in [0.1, 0.15) is 0 Å². The fourth-order valence-corrected chi connectivity index (χ4v) is 1.38. The molecule has 0 spiro atoms. The molecule has 0 aromatic carbocycles. The van der Waals surface area contributed by atoms with Gasteiger partial charge in [-0.3, -0.25) is 4.98 Å². The predicted molar refractivity (Wildman–Crippen MR) is 57.0 cm³/mol. The monoisotopic (exact) mass is 194 g/mol. The first-order valence-corrected chi connectivity index (χ1v) is 5.04. The molecule has 0 amide bonds. The molecule has 1 unspecified atom stereocenters. The Hall–Kier alpha value is -0.930. The van der Waals surface area contributed by atoms with Gasteiger partial charge in [-0.2, -0.15) is 0 Å². The van der Waals surface area contributed by atoms with Gasteiger partial charge in [-0.25, -0.2) is 0 Å². The van der Waals surface area contributed by atoms with Crippen LogP contribution in [0.25, 0.3) is 0 Å². The molecule has 1 heterocycles. The zero-order chi connectivity index (χ0) is 10.4. The van der Waals surface area contributed by atoms with Crippen LogP contribution >= 0.6 is 0 Å². The normalized spacial score (nSPS) is 15.1. The first kappa shape index (κ1) is 11.1. The summed E-state index contributed by atoms with van der Waals surface area (Å²) in [5.74, 6) is 0. The fourth-order valence-electron chi connectivity index (χ4n) is 1.38. The van der Waals surface area contributed by atoms with Crippen molar-refractivity contribution < 1.29 is 5.11 Å². The largest absolute Gasteiger partial charge is 0.395 e. The van der Waals surface area contributed by atoms with E-state index >= 15 is 0 Å². The van der Waals surface area contributed by atoms with Crippen molar-refractivity contribution in [3.05, 3.63) is 30.1 Å². The van der Waals surface area contributed by atoms with E-state index in [0.717, 1.165) is 12.0 Å². The first-order valence-electron chi connectivity index (χ1n) is 5.04. The average molecular weight is 194 g/mol. The van der Waals surface area contributed by atoms with E-state index in [1.165, 1.54) is 0 Å². The van der Waals surface area contributed by atoms with E-state index in [4.69, 9.17) is 5.11 Å². The first-order chi connectivity index (χ1) is 6.77. The van der Waals surface area contributed by atoms with Gasteiger partial charge in [0.2, 0.25) is 0 Å². The zero-order valence-electron chi connectivity index (χ0n) is 8.77. The van der Waals surface area contributed by atoms with Crippen molar-refractivity contribution in [2.75, 3.05) is 6.61 Å². The lowest BCUT2D eigenvalue weighted by Crippen LogP contribution is -2.33. The molecule has 2 N–H and O–H groups in total. The van der Waals surface area contributed by atoms with Crippen molar-refractivity contribution in [1.29, 1.82) is 0 Å². The van der Waals surface area contributed by atoms with E-state index in [9.17, 15) is 0 Å². The summed E-state index contributed by atoms with van der Waals surface area (Å²) in [5, 5.41) is 12.4. The minimum Gasteiger partial charge on any atom is -0.395 e. The molecule has 0 radical (unpaired) electrons. The molecule has 1 aromatic heterocycles. The maximum atomic E-state index is 9.04. The molecule has 1 aromatic rings. The van der Waals surface area contributed by atoms with Crippen LogP contribution in [0.15, 0.2) is 24.5 Å². The Balaban J connectivity index is 2.54. The molecule has 0 aliphatic carbocycles. The van der Waals surface area contributed by atoms with Crippen molar-refractivity contribution in [2.24, 2.45) is 0 Å². The van der Waals surface area contributed by atoms with Crippen LogP contribution in [0, 0.1) is 0 Å². The number of aliphatic hydroxyl groups excluding tert-OH is 1. The summed E-state index contributed by atoms with van der Waals surface area (Å²) in [6.07, 6.45) is 4.54. The molecule has 1 rings (SSSR count). The maximum Gasteiger partial charge on any atom is 0.0584 e. The molecule has 0 saturated heterocycles. The van der Waals surface area contributed by atoms with Crippen LogP contribution in [-0.4, -0.2) is 22.7 Å². The van der Waals surface area contributed by atoms with Crippen LogP contribution in [0.1, 0.15) is 31.9 Å². The highest BCUT2D eigenvalue weighted by molar-refractivity contribution is 5.12. The summed E-state index contributed by atoms with van der Waals surface area (Å²) < 4.78 is 0. The van der Waals surface area contributed by atoms with Crippen LogP contribution in [0.4, 0.5) is 0 Å². The van der Waals surface area contributed by atoms with Crippen molar-refractivity contribution in [3.63, 3.8) is 0 Å². The average Bonchev–Trinajstić information content (AvgIpc) is 2.26. The standard InChI is InChI=1S/C11H18N2O/c1-3-11(8-14)13-9(2)10-5-4-6-12-7-10/h4-7,9,11,13-14H,3,8H2,1-2H3/t9?,11-/m1/s1. The third-order valence-electron chi connectivity index (χ3n) is 2.38. The molecular formula is C11H18N2O. The van der Waals surface area contributed by atoms with Crippen molar-refractivity contribution in [1.82, 2.24) is 10.3 Å². The molecule has 2 atom stereocenters. The molecular weight excluding hydrogens is 176 g/mol. The fraction of sp³-hybridized carbons (Fsp3) is 0.545. The van der Waals surface area contributed by atoms with Gasteiger partial charge in [-0.05, 0) is 25.0 Å². The van der Waals surface area contributed by atoms with Gasteiger partial charge in [0, 0.05) is 24.5 Å². The number of pyridine rings is 1. The summed E-state index contributed by atoms with van der Waals surface area (Å²) in [6, 6.07) is 4.37. The minimum absolute atomic E-state index is 0.171. The maximum absolute atomic E-state index is 9.04. The highest BCUT2D eigenvalue weighted by Crippen LogP contribution is 2.11. The van der Waals surface area contributed by atoms with E-state index in [-0.39, 0.29) is 18.7 Å². The smallest absolute Gasteiger partial charge is 0.0584 e. The molecule has 3 nitrogen and oxygen atoms in total. The highest BCUT2D eigenvalue weighted by Gasteiger charge is 2.10. The SMILES string of the molecule is CC[C@H](CO)NC(C)c1cccnc1. The predicted octanol–water partition coefficient (Wildman–Crippen LogP) is 1.50. The van der Waals surface area contributed by atoms with E-state index in [0.29, 0.717) is 0 Å². The lowest BCUT2D eigenvalue weighted by atomic mass is 10.1. The van der Waals surface area contributed by atoms with Gasteiger partial charge in [0.15, 0.2) is 0 Å². The molecule has 0 fully saturated rings. The Morgan fingerprint density at radius 2 is 2.36 bits per heavy atom. The number of nitrogens with one attached hydrogen (secondary N) is 1. The molecule has 0 aliphatic rings. The van der Waals surface area contributed by atoms with Crippen LogP contribution in [0.2, 0.25) is 0 Å². The second-order valence-electron chi connectivity index (χ2n) is 3.46. The zero-order valence-corrected chi connectivity index (χ0v) is 8.77. The van der Waals surface area contributed by atoms with Gasteiger partial charge in [0.05, 0.1) is 6.61 Å². The Bertz CT molecular complexity index is 247. The van der Waals surface area contributed by atoms with E-state index in [1.54, 1.807) is 6.20 Å². The Kier molecular flexibility index (Phi) is 4.56. The molecule has 3 heteroatoms. The Labute approximate surface area is 85.2 Å². The second kappa shape index (κ2) is 5.73. The Morgan fingerprint density at radius 3 is 2.86 bits per heavy atom. The van der Waals surface area contributed by atoms with Crippen molar-refractivity contribution >= 4 is 0 Å². The van der Waals surface area contributed by atoms with Gasteiger partial charge in [-0.15, -0.1) is 0 Å². The van der Waals surface area contributed by atoms with Crippen molar-refractivity contribution in [2.45, 2.75) is 32.4 Å². The number of hydrogen-bond donors (Lipinski definition) is 2. The summed E-state index contributed by atoms with van der Waals surface area (Å²) >= 11 is 0. The van der Waals surface area contributed by atoms with Gasteiger partial charge >= 0.3 is 0 Å². The Morgan fingerprint density at radius 1 is 1.57 bits per heavy atom. The van der Waals surface area contributed by atoms with Gasteiger partial charge in [-0.1, -0.05) is 13.0 Å². The molecule has 0 aliphatic heterocycles. The van der Waals surface area contributed by atoms with Crippen LogP contribution in [-0.2, 0) is 0 Å². The number of nitrogens with zero attached hydrogens (tertiary/aromatic N) is 1. The molecule has 0 bridgehead atoms. The van der Waals surface area contributed by atoms with Gasteiger partial charge < -0.3 is 10.4 Å². The topological polar surface area (TPSA) is 45.1 Å². The lowest BCUT2D eigenvalue weighted by molar-refractivity contribution is 0.230. The third-order valence-corrected chi connectivity index (χ3v) is 2.38. The number of aliphatic hydroxyl groups is 1. The highest BCUT2D eigenvalue weighted by atomic mass is 16.3. The van der Waals surface area contributed by atoms with Crippen LogP contribution < -0.4 is 5.32 Å². The summed E-state index contributed by atoms with van der Waals surface area (Å²) in [5.41, 5.74) is 1.15. The quantitative estimate of drug-likeness (QED) is 0.746. The second-order valence-corrected chi connectivity index (χ2v) is 3.46. The van der Waals surface area contributed by atoms with E-state index in [1.807, 2.05) is 18.3 Å². The number of aromatic nitrogens is 1. The van der Waals surface area contributed by atoms with Gasteiger partial charge in [0.25, 0.3) is 0 Å². The molecule has 78 valence electrons. The van der Waals surface area contributed by atoms with Crippen molar-refractivity contribution in [3.8, 4) is 0 Å². The van der Waals surface area contributed by atoms with Crippen LogP contribution in [0.3, 0.4) is 0 Å².